The highest BCUT2D eigenvalue weighted by atomic mass is 19.4. The number of halogens is 4. The molecule has 1 aromatic heterocycles. The molecular formula is C19H14F4N4O. The molecule has 0 spiro atoms. The Bertz CT molecular complexity index is 1080. The van der Waals surface area contributed by atoms with Crippen LogP contribution in [-0.4, -0.2) is 15.5 Å². The van der Waals surface area contributed by atoms with E-state index in [9.17, 15) is 22.4 Å². The molecular weight excluding hydrogens is 376 g/mol. The van der Waals surface area contributed by atoms with Crippen LogP contribution >= 0.6 is 0 Å². The number of imidazole rings is 1. The average molecular weight is 390 g/mol. The van der Waals surface area contributed by atoms with Gasteiger partial charge in [0, 0.05) is 12.2 Å². The number of nitrogens with zero attached hydrogens (tertiary/aromatic N) is 3. The molecule has 1 atom stereocenters. The molecule has 0 bridgehead atoms. The number of carbonyl (C=O) groups excluding carboxylic acids is 1. The number of para-hydroxylation sites is 1. The van der Waals surface area contributed by atoms with Crippen LogP contribution in [0.15, 0.2) is 42.7 Å². The van der Waals surface area contributed by atoms with Crippen LogP contribution < -0.4 is 5.32 Å². The van der Waals surface area contributed by atoms with Gasteiger partial charge in [-0.3, -0.25) is 4.79 Å². The highest BCUT2D eigenvalue weighted by molar-refractivity contribution is 5.92. The molecule has 1 amide bonds. The number of rotatable bonds is 4. The Balaban J connectivity index is 1.78. The van der Waals surface area contributed by atoms with E-state index in [0.29, 0.717) is 5.52 Å². The molecule has 1 N–H and O–H groups in total. The summed E-state index contributed by atoms with van der Waals surface area (Å²) in [6, 6.07) is 8.86. The largest absolute Gasteiger partial charge is 0.417 e. The minimum atomic E-state index is -4.72. The lowest BCUT2D eigenvalue weighted by Crippen LogP contribution is -2.24. The molecule has 0 saturated carbocycles. The summed E-state index contributed by atoms with van der Waals surface area (Å²) in [7, 11) is 0. The van der Waals surface area contributed by atoms with Gasteiger partial charge in [-0.15, -0.1) is 0 Å². The van der Waals surface area contributed by atoms with Gasteiger partial charge in [0.1, 0.15) is 11.3 Å². The fourth-order valence-corrected chi connectivity index (χ4v) is 2.82. The van der Waals surface area contributed by atoms with Crippen molar-refractivity contribution in [1.29, 1.82) is 5.26 Å². The van der Waals surface area contributed by atoms with Gasteiger partial charge < -0.3 is 9.88 Å². The van der Waals surface area contributed by atoms with Gasteiger partial charge in [0.25, 0.3) is 0 Å². The van der Waals surface area contributed by atoms with Gasteiger partial charge >= 0.3 is 6.18 Å². The maximum atomic E-state index is 14.0. The van der Waals surface area contributed by atoms with E-state index in [-0.39, 0.29) is 17.7 Å². The number of amides is 1. The van der Waals surface area contributed by atoms with E-state index in [0.717, 1.165) is 12.1 Å². The van der Waals surface area contributed by atoms with Crippen LogP contribution in [-0.2, 0) is 17.5 Å². The lowest BCUT2D eigenvalue weighted by molar-refractivity contribution is -0.137. The second-order valence-electron chi connectivity index (χ2n) is 6.26. The fourth-order valence-electron chi connectivity index (χ4n) is 2.82. The van der Waals surface area contributed by atoms with Gasteiger partial charge in [-0.05, 0) is 30.3 Å². The van der Waals surface area contributed by atoms with E-state index in [2.05, 4.69) is 10.3 Å². The molecule has 0 aliphatic heterocycles. The molecule has 3 rings (SSSR count). The Labute approximate surface area is 157 Å². The van der Waals surface area contributed by atoms with Crippen molar-refractivity contribution in [3.05, 3.63) is 59.7 Å². The van der Waals surface area contributed by atoms with Crippen molar-refractivity contribution in [3.63, 3.8) is 0 Å². The normalized spacial score (nSPS) is 12.6. The van der Waals surface area contributed by atoms with Crippen molar-refractivity contribution < 1.29 is 22.4 Å². The zero-order chi connectivity index (χ0) is 20.5. The van der Waals surface area contributed by atoms with Crippen molar-refractivity contribution >= 4 is 22.6 Å². The Morgan fingerprint density at radius 3 is 2.75 bits per heavy atom. The van der Waals surface area contributed by atoms with Crippen LogP contribution in [0.4, 0.5) is 23.2 Å². The van der Waals surface area contributed by atoms with Crippen LogP contribution in [0.1, 0.15) is 18.1 Å². The van der Waals surface area contributed by atoms with Crippen LogP contribution in [0, 0.1) is 23.1 Å². The average Bonchev–Trinajstić information content (AvgIpc) is 3.05. The van der Waals surface area contributed by atoms with E-state index >= 15 is 0 Å². The van der Waals surface area contributed by atoms with Crippen LogP contribution in [0.3, 0.4) is 0 Å². The first kappa shape index (κ1) is 19.4. The van der Waals surface area contributed by atoms with E-state index in [1.165, 1.54) is 35.2 Å². The lowest BCUT2D eigenvalue weighted by Gasteiger charge is -2.15. The third-order valence-electron chi connectivity index (χ3n) is 4.22. The summed E-state index contributed by atoms with van der Waals surface area (Å²) in [6.45, 7) is 1.65. The quantitative estimate of drug-likeness (QED) is 0.674. The second-order valence-corrected chi connectivity index (χ2v) is 6.26. The van der Waals surface area contributed by atoms with Crippen molar-refractivity contribution in [3.8, 4) is 6.07 Å². The number of nitriles is 1. The molecule has 144 valence electrons. The number of fused-ring (bicyclic) bond motifs is 1. The maximum absolute atomic E-state index is 14.0. The van der Waals surface area contributed by atoms with Crippen LogP contribution in [0.25, 0.3) is 11.0 Å². The van der Waals surface area contributed by atoms with Crippen molar-refractivity contribution in [2.75, 3.05) is 5.32 Å². The summed E-state index contributed by atoms with van der Waals surface area (Å²) in [5.41, 5.74) is -1.04. The molecule has 1 heterocycles. The van der Waals surface area contributed by atoms with Crippen LogP contribution in [0.2, 0.25) is 0 Å². The topological polar surface area (TPSA) is 70.7 Å². The summed E-state index contributed by atoms with van der Waals surface area (Å²) in [5, 5.41) is 11.2. The third-order valence-corrected chi connectivity index (χ3v) is 4.22. The minimum Gasteiger partial charge on any atom is -0.327 e. The Kier molecular flexibility index (Phi) is 5.05. The van der Waals surface area contributed by atoms with Gasteiger partial charge in [0.2, 0.25) is 5.91 Å². The molecule has 0 saturated heterocycles. The van der Waals surface area contributed by atoms with Gasteiger partial charge in [-0.1, -0.05) is 13.0 Å². The van der Waals surface area contributed by atoms with E-state index < -0.39 is 34.9 Å². The fraction of sp³-hybridized carbons (Fsp3) is 0.211. The highest BCUT2D eigenvalue weighted by Crippen LogP contribution is 2.33. The molecule has 0 unspecified atom stereocenters. The standard InChI is InChI=1S/C19H14F4N4O/c1-11(9-27-10-25-16-4-2-3-15(20)17(16)27)18(28)26-13-6-5-12(8-24)14(7-13)19(21,22)23/h2-7,10-11H,9H2,1H3,(H,26,28)/t11-/m1/s1. The Morgan fingerprint density at radius 2 is 2.07 bits per heavy atom. The number of nitrogens with one attached hydrogen (secondary N) is 1. The Hall–Kier alpha value is -3.41. The van der Waals surface area contributed by atoms with Crippen molar-refractivity contribution in [1.82, 2.24) is 9.55 Å². The number of hydrogen-bond acceptors (Lipinski definition) is 3. The predicted molar refractivity (Wildman–Crippen MR) is 93.6 cm³/mol. The molecule has 2 aromatic carbocycles. The zero-order valence-corrected chi connectivity index (χ0v) is 14.6. The number of aromatic nitrogens is 2. The summed E-state index contributed by atoms with van der Waals surface area (Å²) >= 11 is 0. The van der Waals surface area contributed by atoms with Gasteiger partial charge in [0.05, 0.1) is 35.0 Å². The zero-order valence-electron chi connectivity index (χ0n) is 14.6. The highest BCUT2D eigenvalue weighted by Gasteiger charge is 2.34. The molecule has 0 aliphatic carbocycles. The maximum Gasteiger partial charge on any atom is 0.417 e. The number of anilines is 1. The molecule has 9 heteroatoms. The molecule has 0 fully saturated rings. The third kappa shape index (κ3) is 3.81. The first-order chi connectivity index (χ1) is 13.2. The number of alkyl halides is 3. The van der Waals surface area contributed by atoms with Crippen LogP contribution in [0.5, 0.6) is 0 Å². The monoisotopic (exact) mass is 390 g/mol. The summed E-state index contributed by atoms with van der Waals surface area (Å²) < 4.78 is 54.6. The SMILES string of the molecule is C[C@H](Cn1cnc2cccc(F)c21)C(=O)Nc1ccc(C#N)c(C(F)(F)F)c1. The molecule has 0 aliphatic rings. The van der Waals surface area contributed by atoms with E-state index in [1.54, 1.807) is 13.0 Å². The van der Waals surface area contributed by atoms with E-state index in [1.807, 2.05) is 0 Å². The molecule has 0 radical (unpaired) electrons. The second kappa shape index (κ2) is 7.31. The van der Waals surface area contributed by atoms with Crippen molar-refractivity contribution in [2.45, 2.75) is 19.6 Å². The lowest BCUT2D eigenvalue weighted by atomic mass is 10.1. The molecule has 28 heavy (non-hydrogen) atoms. The number of hydrogen-bond donors (Lipinski definition) is 1. The first-order valence-electron chi connectivity index (χ1n) is 8.22. The summed E-state index contributed by atoms with van der Waals surface area (Å²) in [4.78, 5) is 16.5. The van der Waals surface area contributed by atoms with Gasteiger partial charge in [-0.2, -0.15) is 18.4 Å². The predicted octanol–water partition coefficient (Wildman–Crippen LogP) is 4.34. The smallest absolute Gasteiger partial charge is 0.327 e. The minimum absolute atomic E-state index is 0.0788. The van der Waals surface area contributed by atoms with Crippen molar-refractivity contribution in [2.24, 2.45) is 5.92 Å². The first-order valence-corrected chi connectivity index (χ1v) is 8.22. The molecule has 5 nitrogen and oxygen atoms in total. The molecule has 3 aromatic rings. The number of carbonyl (C=O) groups is 1. The van der Waals surface area contributed by atoms with Gasteiger partial charge in [0.15, 0.2) is 0 Å². The van der Waals surface area contributed by atoms with E-state index in [4.69, 9.17) is 5.26 Å². The Morgan fingerprint density at radius 1 is 1.32 bits per heavy atom. The van der Waals surface area contributed by atoms with Gasteiger partial charge in [-0.25, -0.2) is 9.37 Å². The summed E-state index contributed by atoms with van der Waals surface area (Å²) in [6.07, 6.45) is -3.31. The summed E-state index contributed by atoms with van der Waals surface area (Å²) in [5.74, 6) is -1.71. The number of benzene rings is 2.